The Hall–Kier alpha value is -1.70. The molecule has 0 saturated carbocycles. The lowest BCUT2D eigenvalue weighted by Gasteiger charge is -2.32. The lowest BCUT2D eigenvalue weighted by molar-refractivity contribution is 0.101. The van der Waals surface area contributed by atoms with Crippen LogP contribution in [0, 0.1) is 0 Å². The highest BCUT2D eigenvalue weighted by Crippen LogP contribution is 2.29. The zero-order valence-corrected chi connectivity index (χ0v) is 20.5. The van der Waals surface area contributed by atoms with Gasteiger partial charge in [-0.3, -0.25) is 4.98 Å². The van der Waals surface area contributed by atoms with Crippen LogP contribution in [0.3, 0.4) is 0 Å². The molecule has 1 fully saturated rings. The average molecular weight is 462 g/mol. The number of likely N-dealkylation sites (tertiary alicyclic amines) is 1. The molecule has 7 heteroatoms. The first kappa shape index (κ1) is 24.9. The smallest absolute Gasteiger partial charge is 0.211 e. The average Bonchev–Trinajstić information content (AvgIpc) is 2.80. The number of aryl methyl sites for hydroxylation is 1. The second-order valence-corrected chi connectivity index (χ2v) is 10.8. The first-order chi connectivity index (χ1) is 15.5. The van der Waals surface area contributed by atoms with Crippen LogP contribution in [-0.4, -0.2) is 56.3 Å². The molecule has 0 spiro atoms. The van der Waals surface area contributed by atoms with E-state index in [0.29, 0.717) is 13.0 Å². The number of aromatic nitrogens is 1. The zero-order chi connectivity index (χ0) is 22.8. The highest BCUT2D eigenvalue weighted by atomic mass is 32.2. The molecule has 6 nitrogen and oxygen atoms in total. The van der Waals surface area contributed by atoms with Gasteiger partial charge < -0.3 is 9.64 Å². The van der Waals surface area contributed by atoms with Crippen LogP contribution in [0.5, 0.6) is 5.75 Å². The van der Waals surface area contributed by atoms with Gasteiger partial charge in [-0.2, -0.15) is 0 Å². The molecule has 1 saturated heterocycles. The number of nitrogens with one attached hydrogen (secondary N) is 1. The Balaban J connectivity index is 1.47. The van der Waals surface area contributed by atoms with E-state index in [1.54, 1.807) is 0 Å². The van der Waals surface area contributed by atoms with Gasteiger partial charge in [0, 0.05) is 31.2 Å². The number of rotatable bonds is 13. The van der Waals surface area contributed by atoms with Gasteiger partial charge in [-0.15, -0.1) is 0 Å². The number of fused-ring (bicyclic) bond motifs is 1. The van der Waals surface area contributed by atoms with E-state index < -0.39 is 10.0 Å². The monoisotopic (exact) mass is 461 g/mol. The molecule has 0 unspecified atom stereocenters. The molecule has 0 atom stereocenters. The highest BCUT2D eigenvalue weighted by Gasteiger charge is 2.21. The quantitative estimate of drug-likeness (QED) is 0.444. The molecule has 32 heavy (non-hydrogen) atoms. The summed E-state index contributed by atoms with van der Waals surface area (Å²) in [6, 6.07) is 8.53. The van der Waals surface area contributed by atoms with Gasteiger partial charge in [0.05, 0.1) is 5.75 Å². The van der Waals surface area contributed by atoms with Gasteiger partial charge in [0.1, 0.15) is 17.4 Å². The number of pyridine rings is 1. The van der Waals surface area contributed by atoms with Crippen molar-refractivity contribution >= 4 is 20.9 Å². The van der Waals surface area contributed by atoms with E-state index in [4.69, 9.17) is 4.74 Å². The summed E-state index contributed by atoms with van der Waals surface area (Å²) in [5, 5.41) is 1.15. The second-order valence-electron chi connectivity index (χ2n) is 8.85. The molecule has 0 aliphatic carbocycles. The molecule has 1 aromatic carbocycles. The summed E-state index contributed by atoms with van der Waals surface area (Å²) in [5.74, 6) is 1.14. The van der Waals surface area contributed by atoms with Gasteiger partial charge in [0.2, 0.25) is 10.0 Å². The Labute approximate surface area is 193 Å². The van der Waals surface area contributed by atoms with Crippen LogP contribution in [-0.2, 0) is 16.4 Å². The Morgan fingerprint density at radius 1 is 1.12 bits per heavy atom. The summed E-state index contributed by atoms with van der Waals surface area (Å²) in [5.41, 5.74) is 2.27. The standard InChI is InChI=1S/C25H39N3O3S/c1-3-5-9-21-19-22-10-8-14-26-25(22)24(20-21)31-23-11-16-28(17-12-23)15-6-7-18-32(29,30)27-13-4-2/h8,10,14,19-20,23,27H,3-7,9,11-13,15-18H2,1-2H3. The number of hydrogen-bond acceptors (Lipinski definition) is 5. The Kier molecular flexibility index (Phi) is 9.75. The van der Waals surface area contributed by atoms with E-state index in [0.717, 1.165) is 68.4 Å². The third-order valence-corrected chi connectivity index (χ3v) is 7.56. The van der Waals surface area contributed by atoms with E-state index in [9.17, 15) is 8.42 Å². The van der Waals surface area contributed by atoms with E-state index in [1.807, 2.05) is 19.2 Å². The van der Waals surface area contributed by atoms with Crippen molar-refractivity contribution in [1.29, 1.82) is 0 Å². The summed E-state index contributed by atoms with van der Waals surface area (Å²) in [6.45, 7) is 7.65. The Morgan fingerprint density at radius 3 is 2.69 bits per heavy atom. The maximum Gasteiger partial charge on any atom is 0.211 e. The van der Waals surface area contributed by atoms with Gasteiger partial charge in [0.15, 0.2) is 0 Å². The van der Waals surface area contributed by atoms with E-state index in [-0.39, 0.29) is 11.9 Å². The van der Waals surface area contributed by atoms with Gasteiger partial charge in [-0.25, -0.2) is 13.1 Å². The highest BCUT2D eigenvalue weighted by molar-refractivity contribution is 7.89. The minimum absolute atomic E-state index is 0.205. The molecule has 0 amide bonds. The number of piperidine rings is 1. The number of unbranched alkanes of at least 4 members (excludes halogenated alkanes) is 2. The summed E-state index contributed by atoms with van der Waals surface area (Å²) < 4.78 is 32.9. The van der Waals surface area contributed by atoms with Crippen LogP contribution in [0.15, 0.2) is 30.5 Å². The topological polar surface area (TPSA) is 71.5 Å². The van der Waals surface area contributed by atoms with Crippen molar-refractivity contribution in [1.82, 2.24) is 14.6 Å². The summed E-state index contributed by atoms with van der Waals surface area (Å²) >= 11 is 0. The SMILES string of the molecule is CCCCc1cc(OC2CCN(CCCCS(=O)(=O)NCCC)CC2)c2ncccc2c1. The van der Waals surface area contributed by atoms with Crippen molar-refractivity contribution in [3.05, 3.63) is 36.0 Å². The fourth-order valence-electron chi connectivity index (χ4n) is 4.22. The van der Waals surface area contributed by atoms with E-state index in [1.165, 1.54) is 18.4 Å². The van der Waals surface area contributed by atoms with Gasteiger partial charge in [-0.05, 0) is 75.3 Å². The molecule has 2 aromatic rings. The Morgan fingerprint density at radius 2 is 1.94 bits per heavy atom. The first-order valence-corrected chi connectivity index (χ1v) is 13.9. The maximum atomic E-state index is 11.9. The molecule has 178 valence electrons. The molecule has 1 aliphatic heterocycles. The zero-order valence-electron chi connectivity index (χ0n) is 19.7. The van der Waals surface area contributed by atoms with Crippen LogP contribution < -0.4 is 9.46 Å². The molecule has 1 aliphatic rings. The number of sulfonamides is 1. The fourth-order valence-corrected chi connectivity index (χ4v) is 5.46. The summed E-state index contributed by atoms with van der Waals surface area (Å²) in [4.78, 5) is 7.01. The van der Waals surface area contributed by atoms with Crippen molar-refractivity contribution in [2.24, 2.45) is 0 Å². The maximum absolute atomic E-state index is 11.9. The molecule has 0 radical (unpaired) electrons. The first-order valence-electron chi connectivity index (χ1n) is 12.2. The van der Waals surface area contributed by atoms with Gasteiger partial charge in [0.25, 0.3) is 0 Å². The van der Waals surface area contributed by atoms with Crippen LogP contribution >= 0.6 is 0 Å². The molecule has 2 heterocycles. The van der Waals surface area contributed by atoms with Crippen molar-refractivity contribution < 1.29 is 13.2 Å². The second kappa shape index (κ2) is 12.5. The van der Waals surface area contributed by atoms with Crippen LogP contribution in [0.4, 0.5) is 0 Å². The van der Waals surface area contributed by atoms with Crippen molar-refractivity contribution in [2.45, 2.75) is 71.3 Å². The molecule has 3 rings (SSSR count). The third-order valence-electron chi connectivity index (χ3n) is 6.09. The number of nitrogens with zero attached hydrogens (tertiary/aromatic N) is 2. The molecule has 0 bridgehead atoms. The predicted molar refractivity (Wildman–Crippen MR) is 132 cm³/mol. The molecular formula is C25H39N3O3S. The molecule has 1 aromatic heterocycles. The lowest BCUT2D eigenvalue weighted by atomic mass is 10.0. The third kappa shape index (κ3) is 7.71. The number of ether oxygens (including phenoxy) is 1. The van der Waals surface area contributed by atoms with Gasteiger partial charge in [-0.1, -0.05) is 26.3 Å². The fraction of sp³-hybridized carbons (Fsp3) is 0.640. The van der Waals surface area contributed by atoms with Crippen LogP contribution in [0.1, 0.15) is 64.4 Å². The number of benzene rings is 1. The minimum Gasteiger partial charge on any atom is -0.488 e. The molecular weight excluding hydrogens is 422 g/mol. The van der Waals surface area contributed by atoms with E-state index in [2.05, 4.69) is 39.7 Å². The number of hydrogen-bond donors (Lipinski definition) is 1. The molecule has 1 N–H and O–H groups in total. The van der Waals surface area contributed by atoms with Crippen molar-refractivity contribution in [2.75, 3.05) is 31.9 Å². The van der Waals surface area contributed by atoms with Crippen LogP contribution in [0.25, 0.3) is 10.9 Å². The van der Waals surface area contributed by atoms with Crippen LogP contribution in [0.2, 0.25) is 0 Å². The van der Waals surface area contributed by atoms with E-state index >= 15 is 0 Å². The summed E-state index contributed by atoms with van der Waals surface area (Å²) in [7, 11) is -3.11. The Bertz CT molecular complexity index is 941. The normalized spacial score (nSPS) is 15.9. The minimum atomic E-state index is -3.11. The van der Waals surface area contributed by atoms with Crippen molar-refractivity contribution in [3.8, 4) is 5.75 Å². The summed E-state index contributed by atoms with van der Waals surface area (Å²) in [6.07, 6.45) is 9.89. The predicted octanol–water partition coefficient (Wildman–Crippen LogP) is 4.53. The van der Waals surface area contributed by atoms with Gasteiger partial charge >= 0.3 is 0 Å². The van der Waals surface area contributed by atoms with Crippen molar-refractivity contribution in [3.63, 3.8) is 0 Å². The largest absolute Gasteiger partial charge is 0.488 e. The lowest BCUT2D eigenvalue weighted by Crippen LogP contribution is -2.39.